The molecule has 0 aliphatic heterocycles. The Bertz CT molecular complexity index is 525. The van der Waals surface area contributed by atoms with Gasteiger partial charge in [0.25, 0.3) is 0 Å². The molecule has 17 heavy (non-hydrogen) atoms. The van der Waals surface area contributed by atoms with Gasteiger partial charge < -0.3 is 9.73 Å². The second kappa shape index (κ2) is 5.08. The number of oxazole rings is 1. The fourth-order valence-electron chi connectivity index (χ4n) is 1.39. The molecule has 1 aromatic carbocycles. The second-order valence-electron chi connectivity index (χ2n) is 3.70. The first-order chi connectivity index (χ1) is 8.11. The van der Waals surface area contributed by atoms with Gasteiger partial charge in [-0.3, -0.25) is 0 Å². The molecule has 1 heterocycles. The van der Waals surface area contributed by atoms with Gasteiger partial charge in [0.2, 0.25) is 5.89 Å². The van der Waals surface area contributed by atoms with Crippen LogP contribution in [0.3, 0.4) is 0 Å². The third-order valence-corrected chi connectivity index (χ3v) is 3.27. The normalized spacial score (nSPS) is 12.7. The molecule has 0 aliphatic rings. The molecule has 3 nitrogen and oxygen atoms in total. The van der Waals surface area contributed by atoms with Crippen LogP contribution in [-0.4, -0.2) is 12.0 Å². The number of aromatic nitrogens is 1. The lowest BCUT2D eigenvalue weighted by Crippen LogP contribution is -2.12. The van der Waals surface area contributed by atoms with Gasteiger partial charge in [-0.2, -0.15) is 0 Å². The van der Waals surface area contributed by atoms with Gasteiger partial charge in [-0.15, -0.1) is 0 Å². The van der Waals surface area contributed by atoms with Crippen LogP contribution < -0.4 is 5.32 Å². The van der Waals surface area contributed by atoms with Gasteiger partial charge in [-0.1, -0.05) is 23.2 Å². The van der Waals surface area contributed by atoms with E-state index in [-0.39, 0.29) is 6.04 Å². The SMILES string of the molecule is CNC(C)c1ncc(-c2ccc(Cl)c(Cl)c2)o1. The molecule has 1 N–H and O–H groups in total. The number of benzene rings is 1. The van der Waals surface area contributed by atoms with Gasteiger partial charge in [-0.25, -0.2) is 4.98 Å². The Morgan fingerprint density at radius 3 is 2.71 bits per heavy atom. The molecule has 90 valence electrons. The standard InChI is InChI=1S/C12H12Cl2N2O/c1-7(15-2)12-16-6-11(17-12)8-3-4-9(13)10(14)5-8/h3-7,15H,1-2H3. The van der Waals surface area contributed by atoms with Crippen molar-refractivity contribution >= 4 is 23.2 Å². The van der Waals surface area contributed by atoms with E-state index in [1.54, 1.807) is 18.3 Å². The van der Waals surface area contributed by atoms with Gasteiger partial charge in [-0.05, 0) is 32.2 Å². The molecule has 0 saturated heterocycles. The predicted octanol–water partition coefficient (Wildman–Crippen LogP) is 3.93. The smallest absolute Gasteiger partial charge is 0.211 e. The Labute approximate surface area is 110 Å². The summed E-state index contributed by atoms with van der Waals surface area (Å²) in [5.41, 5.74) is 0.862. The van der Waals surface area contributed by atoms with Crippen LogP contribution >= 0.6 is 23.2 Å². The number of nitrogens with one attached hydrogen (secondary N) is 1. The van der Waals surface area contributed by atoms with Gasteiger partial charge in [0.15, 0.2) is 5.76 Å². The van der Waals surface area contributed by atoms with Crippen LogP contribution in [0.2, 0.25) is 10.0 Å². The summed E-state index contributed by atoms with van der Waals surface area (Å²) in [6.45, 7) is 1.98. The van der Waals surface area contributed by atoms with E-state index in [0.717, 1.165) is 5.56 Å². The molecule has 0 aliphatic carbocycles. The third kappa shape index (κ3) is 2.63. The molecule has 0 radical (unpaired) electrons. The Kier molecular flexibility index (Phi) is 3.72. The summed E-state index contributed by atoms with van der Waals surface area (Å²) >= 11 is 11.8. The summed E-state index contributed by atoms with van der Waals surface area (Å²) in [6, 6.07) is 5.43. The highest BCUT2D eigenvalue weighted by Crippen LogP contribution is 2.29. The zero-order valence-electron chi connectivity index (χ0n) is 9.50. The first-order valence-electron chi connectivity index (χ1n) is 5.20. The highest BCUT2D eigenvalue weighted by Gasteiger charge is 2.12. The summed E-state index contributed by atoms with van der Waals surface area (Å²) in [5.74, 6) is 1.33. The van der Waals surface area contributed by atoms with E-state index >= 15 is 0 Å². The van der Waals surface area contributed by atoms with Crippen molar-refractivity contribution in [3.63, 3.8) is 0 Å². The van der Waals surface area contributed by atoms with Crippen molar-refractivity contribution in [2.45, 2.75) is 13.0 Å². The molecule has 2 aromatic rings. The van der Waals surface area contributed by atoms with Crippen molar-refractivity contribution in [2.24, 2.45) is 0 Å². The molecule has 1 unspecified atom stereocenters. The molecule has 0 amide bonds. The summed E-state index contributed by atoms with van der Waals surface area (Å²) in [4.78, 5) is 4.21. The first kappa shape index (κ1) is 12.4. The van der Waals surface area contributed by atoms with E-state index in [1.165, 1.54) is 0 Å². The largest absolute Gasteiger partial charge is 0.439 e. The van der Waals surface area contributed by atoms with Crippen LogP contribution in [0.4, 0.5) is 0 Å². The van der Waals surface area contributed by atoms with E-state index in [1.807, 2.05) is 20.0 Å². The minimum absolute atomic E-state index is 0.0755. The Morgan fingerprint density at radius 2 is 2.06 bits per heavy atom. The second-order valence-corrected chi connectivity index (χ2v) is 4.52. The summed E-state index contributed by atoms with van der Waals surface area (Å²) in [5, 5.41) is 4.09. The summed E-state index contributed by atoms with van der Waals surface area (Å²) in [7, 11) is 1.85. The number of hydrogen-bond acceptors (Lipinski definition) is 3. The summed E-state index contributed by atoms with van der Waals surface area (Å²) < 4.78 is 5.64. The maximum Gasteiger partial charge on any atom is 0.211 e. The van der Waals surface area contributed by atoms with E-state index in [0.29, 0.717) is 21.7 Å². The lowest BCUT2D eigenvalue weighted by atomic mass is 10.2. The van der Waals surface area contributed by atoms with E-state index < -0.39 is 0 Å². The van der Waals surface area contributed by atoms with E-state index in [4.69, 9.17) is 27.6 Å². The molecule has 0 spiro atoms. The van der Waals surface area contributed by atoms with Gasteiger partial charge >= 0.3 is 0 Å². The van der Waals surface area contributed by atoms with Gasteiger partial charge in [0, 0.05) is 5.56 Å². The maximum absolute atomic E-state index is 5.95. The van der Waals surface area contributed by atoms with Crippen molar-refractivity contribution in [2.75, 3.05) is 7.05 Å². The summed E-state index contributed by atoms with van der Waals surface area (Å²) in [6.07, 6.45) is 1.68. The fourth-order valence-corrected chi connectivity index (χ4v) is 1.69. The number of halogens is 2. The van der Waals surface area contributed by atoms with Crippen LogP contribution in [0.1, 0.15) is 18.9 Å². The van der Waals surface area contributed by atoms with Crippen LogP contribution in [0.15, 0.2) is 28.8 Å². The van der Waals surface area contributed by atoms with Crippen molar-refractivity contribution in [3.05, 3.63) is 40.3 Å². The molecule has 1 atom stereocenters. The zero-order chi connectivity index (χ0) is 12.4. The van der Waals surface area contributed by atoms with E-state index in [9.17, 15) is 0 Å². The van der Waals surface area contributed by atoms with Crippen molar-refractivity contribution < 1.29 is 4.42 Å². The average Bonchev–Trinajstić information content (AvgIpc) is 2.81. The van der Waals surface area contributed by atoms with Gasteiger partial charge in [0.1, 0.15) is 0 Å². The zero-order valence-corrected chi connectivity index (χ0v) is 11.0. The minimum Gasteiger partial charge on any atom is -0.439 e. The molecular weight excluding hydrogens is 259 g/mol. The minimum atomic E-state index is 0.0755. The molecule has 1 aromatic heterocycles. The Morgan fingerprint density at radius 1 is 1.29 bits per heavy atom. The molecule has 0 bridgehead atoms. The number of hydrogen-bond donors (Lipinski definition) is 1. The van der Waals surface area contributed by atoms with Crippen LogP contribution in [-0.2, 0) is 0 Å². The van der Waals surface area contributed by atoms with Crippen LogP contribution in [0.5, 0.6) is 0 Å². The lowest BCUT2D eigenvalue weighted by Gasteiger charge is -2.04. The lowest BCUT2D eigenvalue weighted by molar-refractivity contribution is 0.441. The highest BCUT2D eigenvalue weighted by atomic mass is 35.5. The quantitative estimate of drug-likeness (QED) is 0.919. The molecule has 0 saturated carbocycles. The molecular formula is C12H12Cl2N2O. The number of rotatable bonds is 3. The topological polar surface area (TPSA) is 38.1 Å². The van der Waals surface area contributed by atoms with Crippen LogP contribution in [0.25, 0.3) is 11.3 Å². The van der Waals surface area contributed by atoms with Crippen LogP contribution in [0, 0.1) is 0 Å². The maximum atomic E-state index is 5.95. The fraction of sp³-hybridized carbons (Fsp3) is 0.250. The molecule has 5 heteroatoms. The third-order valence-electron chi connectivity index (χ3n) is 2.53. The van der Waals surface area contributed by atoms with Crippen molar-refractivity contribution in [3.8, 4) is 11.3 Å². The predicted molar refractivity (Wildman–Crippen MR) is 69.4 cm³/mol. The van der Waals surface area contributed by atoms with Crippen molar-refractivity contribution in [1.29, 1.82) is 0 Å². The first-order valence-corrected chi connectivity index (χ1v) is 5.96. The monoisotopic (exact) mass is 270 g/mol. The van der Waals surface area contributed by atoms with Crippen molar-refractivity contribution in [1.82, 2.24) is 10.3 Å². The Hall–Kier alpha value is -1.03. The molecule has 2 rings (SSSR count). The van der Waals surface area contributed by atoms with E-state index in [2.05, 4.69) is 10.3 Å². The number of nitrogens with zero attached hydrogens (tertiary/aromatic N) is 1. The highest BCUT2D eigenvalue weighted by molar-refractivity contribution is 6.42. The van der Waals surface area contributed by atoms with Gasteiger partial charge in [0.05, 0.1) is 22.3 Å². The average molecular weight is 271 g/mol. The Balaban J connectivity index is 2.33. The molecule has 0 fully saturated rings.